The fourth-order valence-corrected chi connectivity index (χ4v) is 1.85. The predicted octanol–water partition coefficient (Wildman–Crippen LogP) is 2.31. The smallest absolute Gasteiger partial charge is 0.122 e. The fourth-order valence-electron chi connectivity index (χ4n) is 1.39. The molecular formula is C11H17NOS. The summed E-state index contributed by atoms with van der Waals surface area (Å²) in [6, 6.07) is 6.38. The van der Waals surface area contributed by atoms with Gasteiger partial charge in [-0.25, -0.2) is 0 Å². The lowest BCUT2D eigenvalue weighted by molar-refractivity contribution is 0.408. The molecule has 2 N–H and O–H groups in total. The molecule has 0 saturated heterocycles. The molecule has 1 rings (SSSR count). The van der Waals surface area contributed by atoms with E-state index in [2.05, 4.69) is 18.4 Å². The number of nitrogens with two attached hydrogens (primary N) is 1. The lowest BCUT2D eigenvalue weighted by Crippen LogP contribution is -2.18. The van der Waals surface area contributed by atoms with Crippen LogP contribution in [-0.2, 0) is 6.42 Å². The van der Waals surface area contributed by atoms with Crippen molar-refractivity contribution in [2.24, 2.45) is 5.73 Å². The quantitative estimate of drug-likeness (QED) is 0.776. The van der Waals surface area contributed by atoms with Crippen molar-refractivity contribution in [2.45, 2.75) is 24.3 Å². The minimum absolute atomic E-state index is 0.168. The van der Waals surface area contributed by atoms with Gasteiger partial charge in [0.15, 0.2) is 0 Å². The van der Waals surface area contributed by atoms with E-state index in [1.807, 2.05) is 13.0 Å². The van der Waals surface area contributed by atoms with Gasteiger partial charge in [0.05, 0.1) is 7.11 Å². The second-order valence-electron chi connectivity index (χ2n) is 3.36. The summed E-state index contributed by atoms with van der Waals surface area (Å²) in [6.07, 6.45) is 2.93. The van der Waals surface area contributed by atoms with E-state index in [9.17, 15) is 0 Å². The molecule has 0 spiro atoms. The number of hydrogen-bond acceptors (Lipinski definition) is 3. The van der Waals surface area contributed by atoms with Crippen molar-refractivity contribution in [3.05, 3.63) is 23.8 Å². The Hall–Kier alpha value is -0.670. The van der Waals surface area contributed by atoms with Gasteiger partial charge in [0.2, 0.25) is 0 Å². The molecule has 0 heterocycles. The average molecular weight is 211 g/mol. The van der Waals surface area contributed by atoms with Gasteiger partial charge in [-0.05, 0) is 43.4 Å². The van der Waals surface area contributed by atoms with Crippen LogP contribution in [0.15, 0.2) is 23.1 Å². The Bertz CT molecular complexity index is 299. The monoisotopic (exact) mass is 211 g/mol. The molecular weight excluding hydrogens is 194 g/mol. The van der Waals surface area contributed by atoms with Gasteiger partial charge >= 0.3 is 0 Å². The minimum atomic E-state index is 0.168. The van der Waals surface area contributed by atoms with Crippen LogP contribution in [0.25, 0.3) is 0 Å². The normalized spacial score (nSPS) is 12.6. The standard InChI is InChI=1S/C11H17NOS/c1-8(12)6-9-7-10(14-3)4-5-11(9)13-2/h4-5,7-8H,6,12H2,1-3H3. The maximum absolute atomic E-state index is 5.78. The second-order valence-corrected chi connectivity index (χ2v) is 4.24. The van der Waals surface area contributed by atoms with Crippen molar-refractivity contribution in [2.75, 3.05) is 13.4 Å². The third-order valence-corrected chi connectivity index (χ3v) is 2.75. The predicted molar refractivity (Wildman–Crippen MR) is 62.1 cm³/mol. The largest absolute Gasteiger partial charge is 0.496 e. The molecule has 14 heavy (non-hydrogen) atoms. The zero-order valence-corrected chi connectivity index (χ0v) is 9.73. The first-order valence-corrected chi connectivity index (χ1v) is 5.86. The molecule has 0 saturated carbocycles. The minimum Gasteiger partial charge on any atom is -0.496 e. The molecule has 0 aliphatic rings. The van der Waals surface area contributed by atoms with Crippen LogP contribution in [0.5, 0.6) is 5.75 Å². The van der Waals surface area contributed by atoms with Crippen molar-refractivity contribution >= 4 is 11.8 Å². The van der Waals surface area contributed by atoms with E-state index >= 15 is 0 Å². The molecule has 2 nitrogen and oxygen atoms in total. The summed E-state index contributed by atoms with van der Waals surface area (Å²) in [5.74, 6) is 0.931. The Kier molecular flexibility index (Phi) is 4.29. The summed E-state index contributed by atoms with van der Waals surface area (Å²) in [6.45, 7) is 2.01. The van der Waals surface area contributed by atoms with Crippen molar-refractivity contribution in [3.8, 4) is 5.75 Å². The first kappa shape index (κ1) is 11.4. The summed E-state index contributed by atoms with van der Waals surface area (Å²) in [7, 11) is 1.69. The SMILES string of the molecule is COc1ccc(SC)cc1CC(C)N. The molecule has 0 fully saturated rings. The highest BCUT2D eigenvalue weighted by molar-refractivity contribution is 7.98. The van der Waals surface area contributed by atoms with Crippen LogP contribution in [-0.4, -0.2) is 19.4 Å². The van der Waals surface area contributed by atoms with Crippen LogP contribution in [0.1, 0.15) is 12.5 Å². The number of hydrogen-bond donors (Lipinski definition) is 1. The van der Waals surface area contributed by atoms with Crippen LogP contribution in [0, 0.1) is 0 Å². The third kappa shape index (κ3) is 2.93. The first-order chi connectivity index (χ1) is 6.67. The van der Waals surface area contributed by atoms with Crippen molar-refractivity contribution in [3.63, 3.8) is 0 Å². The molecule has 3 heteroatoms. The molecule has 0 aliphatic carbocycles. The van der Waals surface area contributed by atoms with Crippen LogP contribution in [0.2, 0.25) is 0 Å². The Morgan fingerprint density at radius 1 is 1.50 bits per heavy atom. The van der Waals surface area contributed by atoms with Gasteiger partial charge in [-0.3, -0.25) is 0 Å². The summed E-state index contributed by atoms with van der Waals surface area (Å²) >= 11 is 1.73. The fraction of sp³-hybridized carbons (Fsp3) is 0.455. The third-order valence-electron chi connectivity index (χ3n) is 2.03. The first-order valence-electron chi connectivity index (χ1n) is 4.64. The number of thioether (sulfide) groups is 1. The molecule has 0 bridgehead atoms. The molecule has 78 valence electrons. The van der Waals surface area contributed by atoms with Gasteiger partial charge < -0.3 is 10.5 Å². The highest BCUT2D eigenvalue weighted by Crippen LogP contribution is 2.25. The van der Waals surface area contributed by atoms with Gasteiger partial charge in [-0.1, -0.05) is 0 Å². The molecule has 1 unspecified atom stereocenters. The molecule has 1 atom stereocenters. The molecule has 0 amide bonds. The maximum Gasteiger partial charge on any atom is 0.122 e. The van der Waals surface area contributed by atoms with Crippen LogP contribution in [0.4, 0.5) is 0 Å². The van der Waals surface area contributed by atoms with E-state index < -0.39 is 0 Å². The molecule has 1 aromatic carbocycles. The van der Waals surface area contributed by atoms with Crippen LogP contribution < -0.4 is 10.5 Å². The molecule has 0 aliphatic heterocycles. The highest BCUT2D eigenvalue weighted by Gasteiger charge is 2.06. The summed E-state index contributed by atoms with van der Waals surface area (Å²) in [5, 5.41) is 0. The van der Waals surface area contributed by atoms with Gasteiger partial charge in [0, 0.05) is 10.9 Å². The van der Waals surface area contributed by atoms with Gasteiger partial charge in [0.1, 0.15) is 5.75 Å². The molecule has 1 aromatic rings. The van der Waals surface area contributed by atoms with E-state index in [-0.39, 0.29) is 6.04 Å². The Balaban J connectivity index is 2.96. The van der Waals surface area contributed by atoms with E-state index in [0.29, 0.717) is 0 Å². The van der Waals surface area contributed by atoms with Crippen LogP contribution in [0.3, 0.4) is 0 Å². The van der Waals surface area contributed by atoms with Gasteiger partial charge in [-0.15, -0.1) is 11.8 Å². The Morgan fingerprint density at radius 3 is 2.71 bits per heavy atom. The maximum atomic E-state index is 5.78. The number of ether oxygens (including phenoxy) is 1. The Labute approximate surface area is 89.8 Å². The van der Waals surface area contributed by atoms with E-state index in [0.717, 1.165) is 12.2 Å². The van der Waals surface area contributed by atoms with Crippen molar-refractivity contribution < 1.29 is 4.74 Å². The number of benzene rings is 1. The number of methoxy groups -OCH3 is 1. The zero-order chi connectivity index (χ0) is 10.6. The lowest BCUT2D eigenvalue weighted by atomic mass is 10.1. The summed E-state index contributed by atoms with van der Waals surface area (Å²) in [4.78, 5) is 1.25. The average Bonchev–Trinajstić information content (AvgIpc) is 2.16. The van der Waals surface area contributed by atoms with E-state index in [1.54, 1.807) is 18.9 Å². The molecule has 0 aromatic heterocycles. The number of rotatable bonds is 4. The van der Waals surface area contributed by atoms with E-state index in [1.165, 1.54) is 10.5 Å². The van der Waals surface area contributed by atoms with E-state index in [4.69, 9.17) is 10.5 Å². The van der Waals surface area contributed by atoms with Gasteiger partial charge in [-0.2, -0.15) is 0 Å². The van der Waals surface area contributed by atoms with Crippen molar-refractivity contribution in [1.29, 1.82) is 0 Å². The lowest BCUT2D eigenvalue weighted by Gasteiger charge is -2.11. The van der Waals surface area contributed by atoms with Crippen molar-refractivity contribution in [1.82, 2.24) is 0 Å². The molecule has 0 radical (unpaired) electrons. The summed E-state index contributed by atoms with van der Waals surface area (Å²) < 4.78 is 5.28. The van der Waals surface area contributed by atoms with Crippen LogP contribution >= 0.6 is 11.8 Å². The zero-order valence-electron chi connectivity index (χ0n) is 8.91. The van der Waals surface area contributed by atoms with Gasteiger partial charge in [0.25, 0.3) is 0 Å². The highest BCUT2D eigenvalue weighted by atomic mass is 32.2. The Morgan fingerprint density at radius 2 is 2.21 bits per heavy atom. The topological polar surface area (TPSA) is 35.2 Å². The summed E-state index contributed by atoms with van der Waals surface area (Å²) in [5.41, 5.74) is 6.97. The second kappa shape index (κ2) is 5.27.